The molecule has 0 spiro atoms. The zero-order chi connectivity index (χ0) is 20.2. The summed E-state index contributed by atoms with van der Waals surface area (Å²) in [5, 5.41) is 14.4. The fraction of sp³-hybridized carbons (Fsp3) is 0.0870. The van der Waals surface area contributed by atoms with Crippen LogP contribution in [0.2, 0.25) is 0 Å². The smallest absolute Gasteiger partial charge is 0.270 e. The molecule has 0 radical (unpaired) electrons. The highest BCUT2D eigenvalue weighted by Gasteiger charge is 2.12. The third-order valence-electron chi connectivity index (χ3n) is 4.85. The predicted molar refractivity (Wildman–Crippen MR) is 115 cm³/mol. The van der Waals surface area contributed by atoms with Gasteiger partial charge in [-0.1, -0.05) is 66.7 Å². The number of nitro benzene ring substituents is 1. The van der Waals surface area contributed by atoms with Gasteiger partial charge >= 0.3 is 0 Å². The van der Waals surface area contributed by atoms with E-state index in [0.29, 0.717) is 12.5 Å². The van der Waals surface area contributed by atoms with Crippen LogP contribution >= 0.6 is 0 Å². The molecule has 1 heterocycles. The maximum absolute atomic E-state index is 11.0. The van der Waals surface area contributed by atoms with Crippen molar-refractivity contribution in [1.29, 1.82) is 0 Å². The second kappa shape index (κ2) is 7.98. The van der Waals surface area contributed by atoms with E-state index in [-0.39, 0.29) is 5.69 Å². The first-order chi connectivity index (χ1) is 14.1. The van der Waals surface area contributed by atoms with Crippen molar-refractivity contribution in [2.45, 2.75) is 6.54 Å². The predicted octanol–water partition coefficient (Wildman–Crippen LogP) is 5.27. The number of hydrogen-bond donors (Lipinski definition) is 1. The minimum absolute atomic E-state index is 0.0664. The van der Waals surface area contributed by atoms with Gasteiger partial charge in [0.1, 0.15) is 0 Å². The van der Waals surface area contributed by atoms with E-state index in [1.165, 1.54) is 17.2 Å². The topological polar surface area (TPSA) is 73.0 Å². The molecule has 0 fully saturated rings. The van der Waals surface area contributed by atoms with Gasteiger partial charge in [0, 0.05) is 31.3 Å². The number of nitro groups is 1. The Kier molecular flexibility index (Phi) is 5.07. The van der Waals surface area contributed by atoms with Crippen LogP contribution in [0.25, 0.3) is 22.4 Å². The Bertz CT molecular complexity index is 1140. The molecule has 4 rings (SSSR count). The molecule has 0 unspecified atom stereocenters. The number of anilines is 1. The first-order valence-electron chi connectivity index (χ1n) is 9.26. The average Bonchev–Trinajstić information content (AvgIpc) is 3.13. The minimum atomic E-state index is -0.391. The van der Waals surface area contributed by atoms with E-state index in [1.54, 1.807) is 18.3 Å². The molecule has 0 aliphatic heterocycles. The Morgan fingerprint density at radius 2 is 1.62 bits per heavy atom. The number of benzene rings is 3. The molecular formula is C23H20N4O2. The third kappa shape index (κ3) is 4.01. The lowest BCUT2D eigenvalue weighted by Crippen LogP contribution is -2.05. The zero-order valence-corrected chi connectivity index (χ0v) is 15.9. The van der Waals surface area contributed by atoms with Crippen LogP contribution in [0.1, 0.15) is 5.56 Å². The monoisotopic (exact) mass is 384 g/mol. The average molecular weight is 384 g/mol. The van der Waals surface area contributed by atoms with Crippen molar-refractivity contribution >= 4 is 11.6 Å². The fourth-order valence-electron chi connectivity index (χ4n) is 3.25. The van der Waals surface area contributed by atoms with Crippen molar-refractivity contribution in [2.24, 2.45) is 7.05 Å². The van der Waals surface area contributed by atoms with Crippen LogP contribution in [0.5, 0.6) is 0 Å². The Hall–Kier alpha value is -3.93. The molecular weight excluding hydrogens is 364 g/mol. The molecule has 0 bridgehead atoms. The highest BCUT2D eigenvalue weighted by Crippen LogP contribution is 2.26. The van der Waals surface area contributed by atoms with Gasteiger partial charge in [-0.15, -0.1) is 0 Å². The minimum Gasteiger partial charge on any atom is -0.352 e. The van der Waals surface area contributed by atoms with Crippen molar-refractivity contribution < 1.29 is 4.92 Å². The van der Waals surface area contributed by atoms with E-state index in [9.17, 15) is 10.1 Å². The number of imidazole rings is 1. The molecule has 1 aromatic heterocycles. The highest BCUT2D eigenvalue weighted by molar-refractivity contribution is 5.65. The first-order valence-corrected chi connectivity index (χ1v) is 9.26. The Morgan fingerprint density at radius 1 is 0.931 bits per heavy atom. The summed E-state index contributed by atoms with van der Waals surface area (Å²) in [5.41, 5.74) is 5.16. The van der Waals surface area contributed by atoms with Crippen LogP contribution < -0.4 is 5.32 Å². The van der Waals surface area contributed by atoms with Crippen LogP contribution in [0.15, 0.2) is 85.1 Å². The summed E-state index contributed by atoms with van der Waals surface area (Å²) in [7, 11) is 1.89. The number of nitrogens with zero attached hydrogens (tertiary/aromatic N) is 3. The van der Waals surface area contributed by atoms with Gasteiger partial charge in [-0.3, -0.25) is 10.1 Å². The summed E-state index contributed by atoms with van der Waals surface area (Å²) in [6.45, 7) is 0.633. The van der Waals surface area contributed by atoms with Gasteiger partial charge in [-0.25, -0.2) is 4.98 Å². The van der Waals surface area contributed by atoms with Crippen LogP contribution in [0.3, 0.4) is 0 Å². The molecule has 0 saturated heterocycles. The van der Waals surface area contributed by atoms with Crippen molar-refractivity contribution in [3.63, 3.8) is 0 Å². The van der Waals surface area contributed by atoms with Gasteiger partial charge in [0.25, 0.3) is 5.69 Å². The fourth-order valence-corrected chi connectivity index (χ4v) is 3.25. The summed E-state index contributed by atoms with van der Waals surface area (Å²) in [6.07, 6.45) is 1.72. The van der Waals surface area contributed by atoms with E-state index in [0.717, 1.165) is 16.8 Å². The van der Waals surface area contributed by atoms with Gasteiger partial charge < -0.3 is 9.88 Å². The van der Waals surface area contributed by atoms with Crippen molar-refractivity contribution in [2.75, 3.05) is 5.32 Å². The second-order valence-electron chi connectivity index (χ2n) is 6.75. The van der Waals surface area contributed by atoms with Gasteiger partial charge in [0.15, 0.2) is 0 Å². The summed E-state index contributed by atoms with van der Waals surface area (Å²) in [6, 6.07) is 25.2. The Balaban J connectivity index is 1.47. The third-order valence-corrected chi connectivity index (χ3v) is 4.85. The maximum atomic E-state index is 11.0. The normalized spacial score (nSPS) is 10.7. The van der Waals surface area contributed by atoms with Crippen LogP contribution in [0, 0.1) is 10.1 Å². The number of hydrogen-bond acceptors (Lipinski definition) is 4. The lowest BCUT2D eigenvalue weighted by atomic mass is 10.0. The van der Waals surface area contributed by atoms with E-state index in [1.807, 2.05) is 35.9 Å². The van der Waals surface area contributed by atoms with E-state index >= 15 is 0 Å². The number of rotatable bonds is 6. The maximum Gasteiger partial charge on any atom is 0.270 e. The van der Waals surface area contributed by atoms with Crippen LogP contribution in [-0.4, -0.2) is 14.5 Å². The molecule has 0 atom stereocenters. The molecule has 3 aromatic carbocycles. The largest absolute Gasteiger partial charge is 0.352 e. The molecule has 6 nitrogen and oxygen atoms in total. The van der Waals surface area contributed by atoms with Gasteiger partial charge in [0.2, 0.25) is 5.95 Å². The quantitative estimate of drug-likeness (QED) is 0.363. The SMILES string of the molecule is Cn1c(-c2cccc([N+](=O)[O-])c2)cnc1NCc1ccc(-c2ccccc2)cc1. The molecule has 29 heavy (non-hydrogen) atoms. The summed E-state index contributed by atoms with van der Waals surface area (Å²) in [5.74, 6) is 0.707. The molecule has 4 aromatic rings. The second-order valence-corrected chi connectivity index (χ2v) is 6.75. The first kappa shape index (κ1) is 18.4. The van der Waals surface area contributed by atoms with Crippen LogP contribution in [0.4, 0.5) is 11.6 Å². The van der Waals surface area contributed by atoms with Gasteiger partial charge in [-0.05, 0) is 16.7 Å². The Labute approximate surface area is 168 Å². The van der Waals surface area contributed by atoms with E-state index in [2.05, 4.69) is 46.7 Å². The molecule has 1 N–H and O–H groups in total. The summed E-state index contributed by atoms with van der Waals surface area (Å²) >= 11 is 0. The standard InChI is InChI=1S/C23H20N4O2/c1-26-22(20-8-5-9-21(14-20)27(28)29)16-25-23(26)24-15-17-10-12-19(13-11-17)18-6-3-2-4-7-18/h2-14,16H,15H2,1H3,(H,24,25). The molecule has 144 valence electrons. The van der Waals surface area contributed by atoms with E-state index < -0.39 is 4.92 Å². The molecule has 0 amide bonds. The van der Waals surface area contributed by atoms with Crippen molar-refractivity contribution in [3.8, 4) is 22.4 Å². The lowest BCUT2D eigenvalue weighted by Gasteiger charge is -2.09. The number of aromatic nitrogens is 2. The number of nitrogens with one attached hydrogen (secondary N) is 1. The van der Waals surface area contributed by atoms with Gasteiger partial charge in [0.05, 0.1) is 16.8 Å². The van der Waals surface area contributed by atoms with Gasteiger partial charge in [-0.2, -0.15) is 0 Å². The number of non-ortho nitro benzene ring substituents is 1. The Morgan fingerprint density at radius 3 is 2.34 bits per heavy atom. The van der Waals surface area contributed by atoms with E-state index in [4.69, 9.17) is 0 Å². The summed E-state index contributed by atoms with van der Waals surface area (Å²) in [4.78, 5) is 15.1. The van der Waals surface area contributed by atoms with Crippen molar-refractivity contribution in [1.82, 2.24) is 9.55 Å². The van der Waals surface area contributed by atoms with Crippen molar-refractivity contribution in [3.05, 3.63) is 101 Å². The lowest BCUT2D eigenvalue weighted by molar-refractivity contribution is -0.384. The molecule has 0 aliphatic rings. The van der Waals surface area contributed by atoms with Crippen LogP contribution in [-0.2, 0) is 13.6 Å². The molecule has 6 heteroatoms. The molecule has 0 saturated carbocycles. The highest BCUT2D eigenvalue weighted by atomic mass is 16.6. The molecule has 0 aliphatic carbocycles. The summed E-state index contributed by atoms with van der Waals surface area (Å²) < 4.78 is 1.90. The zero-order valence-electron chi connectivity index (χ0n) is 15.9.